The molecule has 0 aliphatic rings. The molecule has 0 bridgehead atoms. The molecule has 0 saturated heterocycles. The Kier molecular flexibility index (Phi) is 7.34. The molecule has 8 nitrogen and oxygen atoms in total. The molecule has 1 amide bonds. The van der Waals surface area contributed by atoms with Crippen LogP contribution in [0.15, 0.2) is 83.8 Å². The number of carbonyl (C=O) groups excluding carboxylic acids is 2. The maximum Gasteiger partial charge on any atom is 0.338 e. The second-order valence-electron chi connectivity index (χ2n) is 7.07. The molecular formula is C24H24N2O6S. The van der Waals surface area contributed by atoms with Gasteiger partial charge in [-0.2, -0.15) is 0 Å². The van der Waals surface area contributed by atoms with E-state index in [0.29, 0.717) is 17.1 Å². The van der Waals surface area contributed by atoms with Crippen molar-refractivity contribution in [2.24, 2.45) is 0 Å². The van der Waals surface area contributed by atoms with Gasteiger partial charge in [-0.15, -0.1) is 0 Å². The fraction of sp³-hybridized carbons (Fsp3) is 0.167. The fourth-order valence-electron chi connectivity index (χ4n) is 2.99. The van der Waals surface area contributed by atoms with E-state index in [1.54, 1.807) is 48.5 Å². The first-order chi connectivity index (χ1) is 15.7. The van der Waals surface area contributed by atoms with E-state index in [2.05, 4.69) is 5.32 Å². The summed E-state index contributed by atoms with van der Waals surface area (Å²) in [5.74, 6) is -0.813. The number of sulfonamides is 1. The van der Waals surface area contributed by atoms with E-state index in [1.807, 2.05) is 6.07 Å². The van der Waals surface area contributed by atoms with Crippen LogP contribution in [0.1, 0.15) is 17.3 Å². The van der Waals surface area contributed by atoms with Crippen LogP contribution in [0, 0.1) is 0 Å². The summed E-state index contributed by atoms with van der Waals surface area (Å²) in [4.78, 5) is 24.7. The molecule has 1 N–H and O–H groups in total. The molecule has 0 aliphatic carbocycles. The predicted octanol–water partition coefficient (Wildman–Crippen LogP) is 3.70. The number of methoxy groups -OCH3 is 1. The zero-order valence-corrected chi connectivity index (χ0v) is 19.2. The number of amides is 1. The molecule has 0 spiro atoms. The first kappa shape index (κ1) is 23.8. The molecular weight excluding hydrogens is 444 g/mol. The summed E-state index contributed by atoms with van der Waals surface area (Å²) < 4.78 is 37.6. The van der Waals surface area contributed by atoms with Gasteiger partial charge in [-0.3, -0.25) is 9.10 Å². The van der Waals surface area contributed by atoms with Gasteiger partial charge in [-0.1, -0.05) is 30.3 Å². The molecule has 33 heavy (non-hydrogen) atoms. The smallest absolute Gasteiger partial charge is 0.338 e. The Bertz CT molecular complexity index is 1230. The maximum atomic E-state index is 13.0. The maximum absolute atomic E-state index is 13.0. The van der Waals surface area contributed by atoms with Crippen molar-refractivity contribution in [1.82, 2.24) is 0 Å². The Balaban J connectivity index is 1.69. The Morgan fingerprint density at radius 1 is 0.909 bits per heavy atom. The van der Waals surface area contributed by atoms with E-state index in [0.717, 1.165) is 4.31 Å². The van der Waals surface area contributed by atoms with Crippen LogP contribution in [0.3, 0.4) is 0 Å². The van der Waals surface area contributed by atoms with Gasteiger partial charge in [0.05, 0.1) is 23.3 Å². The third-order valence-corrected chi connectivity index (χ3v) is 6.65. The lowest BCUT2D eigenvalue weighted by atomic mass is 10.2. The molecule has 3 aromatic rings. The zero-order valence-electron chi connectivity index (χ0n) is 18.4. The monoisotopic (exact) mass is 468 g/mol. The van der Waals surface area contributed by atoms with Crippen molar-refractivity contribution in [1.29, 1.82) is 0 Å². The molecule has 0 unspecified atom stereocenters. The van der Waals surface area contributed by atoms with E-state index in [-0.39, 0.29) is 10.5 Å². The van der Waals surface area contributed by atoms with Gasteiger partial charge < -0.3 is 14.8 Å². The van der Waals surface area contributed by atoms with Gasteiger partial charge in [0.25, 0.3) is 15.9 Å². The largest absolute Gasteiger partial charge is 0.495 e. The third kappa shape index (κ3) is 5.50. The molecule has 0 saturated carbocycles. The number of ether oxygens (including phenoxy) is 2. The lowest BCUT2D eigenvalue weighted by molar-refractivity contribution is -0.123. The van der Waals surface area contributed by atoms with Gasteiger partial charge in [0, 0.05) is 12.7 Å². The molecule has 3 aromatic carbocycles. The zero-order chi connectivity index (χ0) is 24.0. The normalized spacial score (nSPS) is 11.8. The van der Waals surface area contributed by atoms with E-state index < -0.39 is 28.0 Å². The summed E-state index contributed by atoms with van der Waals surface area (Å²) in [5.41, 5.74) is 1.08. The molecule has 0 heterocycles. The van der Waals surface area contributed by atoms with Crippen LogP contribution in [-0.4, -0.2) is 40.6 Å². The molecule has 0 aliphatic heterocycles. The topological polar surface area (TPSA) is 102 Å². The molecule has 0 fully saturated rings. The van der Waals surface area contributed by atoms with Gasteiger partial charge in [0.1, 0.15) is 5.75 Å². The number of hydrogen-bond acceptors (Lipinski definition) is 6. The number of nitrogens with zero attached hydrogens (tertiary/aromatic N) is 1. The van der Waals surface area contributed by atoms with Gasteiger partial charge >= 0.3 is 5.97 Å². The van der Waals surface area contributed by atoms with E-state index in [1.165, 1.54) is 45.3 Å². The SMILES string of the molecule is COc1ccccc1N(C)S(=O)(=O)c1ccc(C(=O)O[C@H](C)C(=O)Nc2ccccc2)cc1. The number of anilines is 2. The van der Waals surface area contributed by atoms with Crippen LogP contribution in [0.25, 0.3) is 0 Å². The van der Waals surface area contributed by atoms with Gasteiger partial charge in [-0.25, -0.2) is 13.2 Å². The number of carbonyl (C=O) groups is 2. The summed E-state index contributed by atoms with van der Waals surface area (Å²) in [7, 11) is -1.02. The van der Waals surface area contributed by atoms with Gasteiger partial charge in [-0.05, 0) is 55.5 Å². The summed E-state index contributed by atoms with van der Waals surface area (Å²) in [6.07, 6.45) is -1.04. The average Bonchev–Trinajstić information content (AvgIpc) is 2.84. The lowest BCUT2D eigenvalue weighted by Crippen LogP contribution is -2.30. The lowest BCUT2D eigenvalue weighted by Gasteiger charge is -2.21. The van der Waals surface area contributed by atoms with Crippen LogP contribution in [0.5, 0.6) is 5.75 Å². The van der Waals surface area contributed by atoms with Crippen molar-refractivity contribution in [3.05, 3.63) is 84.4 Å². The van der Waals surface area contributed by atoms with Crippen LogP contribution < -0.4 is 14.4 Å². The van der Waals surface area contributed by atoms with Crippen LogP contribution in [-0.2, 0) is 19.6 Å². The molecule has 1 atom stereocenters. The highest BCUT2D eigenvalue weighted by atomic mass is 32.2. The van der Waals surface area contributed by atoms with Crippen LogP contribution in [0.4, 0.5) is 11.4 Å². The molecule has 172 valence electrons. The van der Waals surface area contributed by atoms with Crippen molar-refractivity contribution in [2.45, 2.75) is 17.9 Å². The second-order valence-corrected chi connectivity index (χ2v) is 9.04. The summed E-state index contributed by atoms with van der Waals surface area (Å²) in [5, 5.41) is 2.65. The van der Waals surface area contributed by atoms with Crippen molar-refractivity contribution < 1.29 is 27.5 Å². The van der Waals surface area contributed by atoms with E-state index in [4.69, 9.17) is 9.47 Å². The van der Waals surface area contributed by atoms with E-state index >= 15 is 0 Å². The van der Waals surface area contributed by atoms with Crippen LogP contribution in [0.2, 0.25) is 0 Å². The highest BCUT2D eigenvalue weighted by Crippen LogP contribution is 2.30. The number of hydrogen-bond donors (Lipinski definition) is 1. The quantitative estimate of drug-likeness (QED) is 0.506. The summed E-state index contributed by atoms with van der Waals surface area (Å²) in [6.45, 7) is 1.46. The number of nitrogens with one attached hydrogen (secondary N) is 1. The number of para-hydroxylation sites is 3. The van der Waals surface area contributed by atoms with Crippen molar-refractivity contribution in [3.8, 4) is 5.75 Å². The van der Waals surface area contributed by atoms with Crippen LogP contribution >= 0.6 is 0 Å². The molecule has 0 radical (unpaired) electrons. The molecule has 3 rings (SSSR count). The number of benzene rings is 3. The minimum atomic E-state index is -3.90. The molecule has 9 heteroatoms. The summed E-state index contributed by atoms with van der Waals surface area (Å²) >= 11 is 0. The highest BCUT2D eigenvalue weighted by molar-refractivity contribution is 7.92. The Labute approximate surface area is 192 Å². The average molecular weight is 469 g/mol. The van der Waals surface area contributed by atoms with Crippen molar-refractivity contribution in [3.63, 3.8) is 0 Å². The highest BCUT2D eigenvalue weighted by Gasteiger charge is 2.25. The third-order valence-electron chi connectivity index (χ3n) is 4.87. The Hall–Kier alpha value is -3.85. The van der Waals surface area contributed by atoms with Gasteiger partial charge in [0.15, 0.2) is 6.10 Å². The van der Waals surface area contributed by atoms with Crippen molar-refractivity contribution in [2.75, 3.05) is 23.8 Å². The number of rotatable bonds is 8. The number of esters is 1. The predicted molar refractivity (Wildman–Crippen MR) is 125 cm³/mol. The molecule has 0 aromatic heterocycles. The Morgan fingerprint density at radius 2 is 1.52 bits per heavy atom. The van der Waals surface area contributed by atoms with Crippen molar-refractivity contribution >= 4 is 33.3 Å². The standard InChI is InChI=1S/C24H24N2O6S/c1-17(23(27)25-19-9-5-4-6-10-19)32-24(28)18-13-15-20(16-14-18)33(29,30)26(2)21-11-7-8-12-22(21)31-3/h4-17H,1-3H3,(H,25,27)/t17-/m1/s1. The van der Waals surface area contributed by atoms with E-state index in [9.17, 15) is 18.0 Å². The first-order valence-electron chi connectivity index (χ1n) is 10.0. The van der Waals surface area contributed by atoms with Gasteiger partial charge in [0.2, 0.25) is 0 Å². The minimum absolute atomic E-state index is 0.0117. The Morgan fingerprint density at radius 3 is 2.15 bits per heavy atom. The first-order valence-corrected chi connectivity index (χ1v) is 11.5. The summed E-state index contributed by atoms with van der Waals surface area (Å²) in [6, 6.07) is 20.8. The fourth-order valence-corrected chi connectivity index (χ4v) is 4.19. The second kappa shape index (κ2) is 10.2. The minimum Gasteiger partial charge on any atom is -0.495 e.